The summed E-state index contributed by atoms with van der Waals surface area (Å²) in [6.45, 7) is 0. The molecule has 0 unspecified atom stereocenters. The van der Waals surface area contributed by atoms with Crippen molar-refractivity contribution in [1.82, 2.24) is 14.5 Å². The average molecular weight is 486 g/mol. The van der Waals surface area contributed by atoms with E-state index in [-0.39, 0.29) is 5.65 Å². The molecule has 2 heterocycles. The Morgan fingerprint density at radius 2 is 1.60 bits per heavy atom. The summed E-state index contributed by atoms with van der Waals surface area (Å²) in [6.07, 6.45) is 0. The second-order valence-electron chi connectivity index (χ2n) is 7.77. The Morgan fingerprint density at radius 1 is 0.829 bits per heavy atom. The summed E-state index contributed by atoms with van der Waals surface area (Å²) in [6, 6.07) is 23.3. The molecule has 0 amide bonds. The first-order chi connectivity index (χ1) is 17.0. The molecule has 0 bridgehead atoms. The highest BCUT2D eigenvalue weighted by Gasteiger charge is 2.18. The zero-order valence-electron chi connectivity index (χ0n) is 18.9. The van der Waals surface area contributed by atoms with E-state index in [9.17, 15) is 9.59 Å². The predicted molar refractivity (Wildman–Crippen MR) is 137 cm³/mol. The molecule has 0 aliphatic rings. The molecule has 5 aromatic rings. The van der Waals surface area contributed by atoms with Gasteiger partial charge in [0.25, 0.3) is 5.56 Å². The van der Waals surface area contributed by atoms with Crippen molar-refractivity contribution in [2.45, 2.75) is 0 Å². The number of rotatable bonds is 5. The van der Waals surface area contributed by atoms with Crippen molar-refractivity contribution in [2.24, 2.45) is 0 Å². The number of nitrogens with one attached hydrogen (secondary N) is 1. The van der Waals surface area contributed by atoms with Crippen LogP contribution in [0.15, 0.2) is 88.5 Å². The lowest BCUT2D eigenvalue weighted by Crippen LogP contribution is -2.34. The van der Waals surface area contributed by atoms with Crippen LogP contribution >= 0.6 is 11.6 Å². The van der Waals surface area contributed by atoms with Gasteiger partial charge < -0.3 is 9.47 Å². The SMILES string of the molecule is COc1ccc(-c2cc(-c3ccccc3)c3c(=O)n(-c4cccc(Cl)c4)c(=O)[nH]c3n2)cc1OC. The lowest BCUT2D eigenvalue weighted by molar-refractivity contribution is 0.355. The van der Waals surface area contributed by atoms with Crippen LogP contribution in [0.1, 0.15) is 0 Å². The summed E-state index contributed by atoms with van der Waals surface area (Å²) in [7, 11) is 3.12. The number of aromatic nitrogens is 3. The zero-order valence-corrected chi connectivity index (χ0v) is 19.7. The smallest absolute Gasteiger partial charge is 0.334 e. The Bertz CT molecular complexity index is 1680. The van der Waals surface area contributed by atoms with E-state index in [2.05, 4.69) is 9.97 Å². The number of hydrogen-bond donors (Lipinski definition) is 1. The number of ether oxygens (including phenoxy) is 2. The number of benzene rings is 3. The van der Waals surface area contributed by atoms with E-state index < -0.39 is 11.2 Å². The highest BCUT2D eigenvalue weighted by molar-refractivity contribution is 6.30. The van der Waals surface area contributed by atoms with Gasteiger partial charge in [-0.05, 0) is 48.0 Å². The van der Waals surface area contributed by atoms with Gasteiger partial charge in [-0.15, -0.1) is 0 Å². The Labute approximate surface area is 205 Å². The summed E-state index contributed by atoms with van der Waals surface area (Å²) < 4.78 is 11.8. The molecule has 0 radical (unpaired) electrons. The van der Waals surface area contributed by atoms with Crippen molar-refractivity contribution in [3.63, 3.8) is 0 Å². The van der Waals surface area contributed by atoms with Gasteiger partial charge in [0.05, 0.1) is 31.0 Å². The Morgan fingerprint density at radius 3 is 2.31 bits per heavy atom. The quantitative estimate of drug-likeness (QED) is 0.375. The topological polar surface area (TPSA) is 86.2 Å². The predicted octanol–water partition coefficient (Wildman–Crippen LogP) is 5.08. The summed E-state index contributed by atoms with van der Waals surface area (Å²) in [5.41, 5.74) is 2.20. The number of aromatic amines is 1. The van der Waals surface area contributed by atoms with Crippen LogP contribution in [0, 0.1) is 0 Å². The normalized spacial score (nSPS) is 10.9. The third-order valence-corrected chi connectivity index (χ3v) is 5.93. The minimum Gasteiger partial charge on any atom is -0.493 e. The van der Waals surface area contributed by atoms with Gasteiger partial charge in [-0.3, -0.25) is 9.78 Å². The molecular formula is C27H20ClN3O4. The molecule has 7 nitrogen and oxygen atoms in total. The lowest BCUT2D eigenvalue weighted by atomic mass is 10.00. The van der Waals surface area contributed by atoms with E-state index in [1.54, 1.807) is 50.6 Å². The fourth-order valence-electron chi connectivity index (χ4n) is 4.05. The first kappa shape index (κ1) is 22.4. The van der Waals surface area contributed by atoms with Crippen molar-refractivity contribution in [1.29, 1.82) is 0 Å². The number of methoxy groups -OCH3 is 2. The number of nitrogens with zero attached hydrogens (tertiary/aromatic N) is 2. The lowest BCUT2D eigenvalue weighted by Gasteiger charge is -2.13. The van der Waals surface area contributed by atoms with Crippen LogP contribution in [-0.2, 0) is 0 Å². The zero-order chi connectivity index (χ0) is 24.5. The van der Waals surface area contributed by atoms with Crippen LogP contribution in [0.2, 0.25) is 5.02 Å². The van der Waals surface area contributed by atoms with E-state index >= 15 is 0 Å². The number of hydrogen-bond acceptors (Lipinski definition) is 5. The van der Waals surface area contributed by atoms with Crippen molar-refractivity contribution in [3.05, 3.63) is 105 Å². The number of halogens is 1. The van der Waals surface area contributed by atoms with Gasteiger partial charge in [-0.2, -0.15) is 0 Å². The van der Waals surface area contributed by atoms with E-state index in [0.29, 0.717) is 38.9 Å². The molecule has 8 heteroatoms. The molecule has 35 heavy (non-hydrogen) atoms. The second-order valence-corrected chi connectivity index (χ2v) is 8.20. The van der Waals surface area contributed by atoms with Gasteiger partial charge in [-0.1, -0.05) is 48.0 Å². The first-order valence-electron chi connectivity index (χ1n) is 10.7. The van der Waals surface area contributed by atoms with E-state index in [1.165, 1.54) is 0 Å². The fraction of sp³-hybridized carbons (Fsp3) is 0.0741. The first-order valence-corrected chi connectivity index (χ1v) is 11.1. The third kappa shape index (κ3) is 4.06. The largest absolute Gasteiger partial charge is 0.493 e. The van der Waals surface area contributed by atoms with Gasteiger partial charge in [0.15, 0.2) is 11.5 Å². The highest BCUT2D eigenvalue weighted by atomic mass is 35.5. The minimum atomic E-state index is -0.610. The van der Waals surface area contributed by atoms with Crippen molar-refractivity contribution < 1.29 is 9.47 Å². The maximum absolute atomic E-state index is 13.7. The maximum Gasteiger partial charge on any atom is 0.334 e. The van der Waals surface area contributed by atoms with Gasteiger partial charge >= 0.3 is 5.69 Å². The van der Waals surface area contributed by atoms with Crippen LogP contribution in [0.25, 0.3) is 39.1 Å². The molecule has 0 atom stereocenters. The Balaban J connectivity index is 1.84. The standard InChI is InChI=1S/C27H20ClN3O4/c1-34-22-12-11-17(13-23(22)35-2)21-15-20(16-7-4-3-5-8-16)24-25(29-21)30-27(33)31(26(24)32)19-10-6-9-18(28)14-19/h3-15H,1-2H3,(H,29,30,33). The highest BCUT2D eigenvalue weighted by Crippen LogP contribution is 2.34. The van der Waals surface area contributed by atoms with Gasteiger partial charge in [-0.25, -0.2) is 14.3 Å². The van der Waals surface area contributed by atoms with Crippen LogP contribution in [-0.4, -0.2) is 28.8 Å². The maximum atomic E-state index is 13.7. The van der Waals surface area contributed by atoms with Gasteiger partial charge in [0, 0.05) is 16.1 Å². The molecule has 0 saturated carbocycles. The fourth-order valence-corrected chi connectivity index (χ4v) is 4.24. The second kappa shape index (κ2) is 9.12. The van der Waals surface area contributed by atoms with Gasteiger partial charge in [0.2, 0.25) is 0 Å². The average Bonchev–Trinajstić information content (AvgIpc) is 2.88. The van der Waals surface area contributed by atoms with E-state index in [4.69, 9.17) is 21.1 Å². The molecule has 174 valence electrons. The number of fused-ring (bicyclic) bond motifs is 1. The summed E-state index contributed by atoms with van der Waals surface area (Å²) in [4.78, 5) is 34.2. The molecule has 5 rings (SSSR count). The van der Waals surface area contributed by atoms with Gasteiger partial charge in [0.1, 0.15) is 5.65 Å². The van der Waals surface area contributed by atoms with Crippen molar-refractivity contribution in [3.8, 4) is 39.6 Å². The van der Waals surface area contributed by atoms with Crippen LogP contribution in [0.4, 0.5) is 0 Å². The molecule has 0 aliphatic carbocycles. The molecule has 0 fully saturated rings. The molecular weight excluding hydrogens is 466 g/mol. The number of pyridine rings is 1. The molecule has 3 aromatic carbocycles. The summed E-state index contributed by atoms with van der Waals surface area (Å²) in [5.74, 6) is 1.12. The molecule has 1 N–H and O–H groups in total. The molecule has 0 spiro atoms. The number of H-pyrrole nitrogens is 1. The van der Waals surface area contributed by atoms with Crippen molar-refractivity contribution in [2.75, 3.05) is 14.2 Å². The van der Waals surface area contributed by atoms with Crippen LogP contribution in [0.3, 0.4) is 0 Å². The summed E-state index contributed by atoms with van der Waals surface area (Å²) >= 11 is 6.12. The summed E-state index contributed by atoms with van der Waals surface area (Å²) in [5, 5.41) is 0.708. The molecule has 0 saturated heterocycles. The van der Waals surface area contributed by atoms with Crippen LogP contribution in [0.5, 0.6) is 11.5 Å². The molecule has 0 aliphatic heterocycles. The third-order valence-electron chi connectivity index (χ3n) is 5.70. The van der Waals surface area contributed by atoms with Crippen molar-refractivity contribution >= 4 is 22.6 Å². The monoisotopic (exact) mass is 485 g/mol. The molecule has 2 aromatic heterocycles. The van der Waals surface area contributed by atoms with E-state index in [1.807, 2.05) is 42.5 Å². The Hall–Kier alpha value is -4.36. The minimum absolute atomic E-state index is 0.185. The van der Waals surface area contributed by atoms with Crippen LogP contribution < -0.4 is 20.7 Å². The Kier molecular flexibility index (Phi) is 5.84. The van der Waals surface area contributed by atoms with E-state index in [0.717, 1.165) is 15.7 Å².